The first kappa shape index (κ1) is 38.8. The average molecular weight is 841 g/mol. The zero-order valence-corrected chi connectivity index (χ0v) is 35.9. The molecular weight excluding hydrogens is 801 g/mol. The third kappa shape index (κ3) is 7.36. The molecule has 0 fully saturated rings. The molecule has 308 valence electrons. The first-order valence-electron chi connectivity index (χ1n) is 22.3. The number of para-hydroxylation sites is 1. The highest BCUT2D eigenvalue weighted by Crippen LogP contribution is 2.39. The predicted molar refractivity (Wildman–Crippen MR) is 274 cm³/mol. The Morgan fingerprint density at radius 2 is 0.606 bits per heavy atom. The van der Waals surface area contributed by atoms with Gasteiger partial charge in [-0.25, -0.2) is 19.9 Å². The maximum Gasteiger partial charge on any atom is 0.164 e. The molecule has 0 saturated carbocycles. The summed E-state index contributed by atoms with van der Waals surface area (Å²) < 4.78 is 0. The van der Waals surface area contributed by atoms with Crippen molar-refractivity contribution in [3.8, 4) is 89.9 Å². The maximum absolute atomic E-state index is 5.27. The number of fused-ring (bicyclic) bond motifs is 5. The SMILES string of the molecule is c1ccc(-c2ccc(-c3nc(-c4ccc(-c5ccccc5)cc4)nc(-c4cccc(-c5cccc(-c6ccc(-c7nc8ccccc8c8ccc9ccccc9c78)cc6)c5)c4)n3)cc2)cc1. The van der Waals surface area contributed by atoms with Crippen molar-refractivity contribution < 1.29 is 0 Å². The molecule has 2 heterocycles. The van der Waals surface area contributed by atoms with E-state index in [2.05, 4.69) is 231 Å². The van der Waals surface area contributed by atoms with Crippen molar-refractivity contribution in [1.82, 2.24) is 19.9 Å². The zero-order valence-electron chi connectivity index (χ0n) is 35.9. The summed E-state index contributed by atoms with van der Waals surface area (Å²) in [5.41, 5.74) is 14.9. The van der Waals surface area contributed by atoms with Crippen molar-refractivity contribution in [1.29, 1.82) is 0 Å². The molecule has 12 rings (SSSR count). The van der Waals surface area contributed by atoms with Crippen LogP contribution in [-0.2, 0) is 0 Å². The third-order valence-electron chi connectivity index (χ3n) is 12.5. The zero-order chi connectivity index (χ0) is 43.8. The smallest absolute Gasteiger partial charge is 0.164 e. The van der Waals surface area contributed by atoms with Crippen LogP contribution in [0.2, 0.25) is 0 Å². The Labute approximate surface area is 383 Å². The molecule has 0 amide bonds. The number of benzene rings is 10. The molecule has 66 heavy (non-hydrogen) atoms. The number of aromatic nitrogens is 4. The summed E-state index contributed by atoms with van der Waals surface area (Å²) >= 11 is 0. The highest BCUT2D eigenvalue weighted by atomic mass is 15.0. The van der Waals surface area contributed by atoms with Gasteiger partial charge >= 0.3 is 0 Å². The fourth-order valence-electron chi connectivity index (χ4n) is 9.12. The van der Waals surface area contributed by atoms with E-state index < -0.39 is 0 Å². The summed E-state index contributed by atoms with van der Waals surface area (Å²) in [6.45, 7) is 0. The fourth-order valence-corrected chi connectivity index (χ4v) is 9.12. The lowest BCUT2D eigenvalue weighted by Gasteiger charge is -2.13. The fraction of sp³-hybridized carbons (Fsp3) is 0. The van der Waals surface area contributed by atoms with E-state index in [-0.39, 0.29) is 0 Å². The van der Waals surface area contributed by atoms with E-state index in [1.165, 1.54) is 38.1 Å². The molecule has 12 aromatic rings. The van der Waals surface area contributed by atoms with Crippen molar-refractivity contribution in [3.05, 3.63) is 243 Å². The molecule has 0 aliphatic carbocycles. The van der Waals surface area contributed by atoms with Crippen LogP contribution < -0.4 is 0 Å². The molecule has 4 nitrogen and oxygen atoms in total. The van der Waals surface area contributed by atoms with Gasteiger partial charge in [-0.15, -0.1) is 0 Å². The van der Waals surface area contributed by atoms with Crippen LogP contribution in [0.25, 0.3) is 122 Å². The van der Waals surface area contributed by atoms with Gasteiger partial charge in [0.05, 0.1) is 11.2 Å². The molecule has 0 bridgehead atoms. The Hall–Kier alpha value is -8.86. The van der Waals surface area contributed by atoms with Gasteiger partial charge in [-0.1, -0.05) is 224 Å². The summed E-state index contributed by atoms with van der Waals surface area (Å²) in [4.78, 5) is 20.6. The predicted octanol–water partition coefficient (Wildman–Crippen LogP) is 16.1. The van der Waals surface area contributed by atoms with Crippen LogP contribution in [0.1, 0.15) is 0 Å². The molecule has 0 saturated heterocycles. The third-order valence-corrected chi connectivity index (χ3v) is 12.5. The Kier molecular flexibility index (Phi) is 9.81. The normalized spacial score (nSPS) is 11.3. The minimum absolute atomic E-state index is 0.616. The van der Waals surface area contributed by atoms with Gasteiger partial charge < -0.3 is 0 Å². The molecule has 4 heteroatoms. The van der Waals surface area contributed by atoms with Crippen molar-refractivity contribution in [2.24, 2.45) is 0 Å². The molecule has 0 N–H and O–H groups in total. The number of hydrogen-bond acceptors (Lipinski definition) is 4. The van der Waals surface area contributed by atoms with Crippen LogP contribution in [0.3, 0.4) is 0 Å². The first-order chi connectivity index (χ1) is 32.7. The van der Waals surface area contributed by atoms with Gasteiger partial charge in [-0.3, -0.25) is 0 Å². The maximum atomic E-state index is 5.27. The lowest BCUT2D eigenvalue weighted by Crippen LogP contribution is -2.00. The van der Waals surface area contributed by atoms with Gasteiger partial charge in [0.1, 0.15) is 0 Å². The molecule has 0 unspecified atom stereocenters. The van der Waals surface area contributed by atoms with E-state index >= 15 is 0 Å². The largest absolute Gasteiger partial charge is 0.247 e. The van der Waals surface area contributed by atoms with E-state index in [4.69, 9.17) is 19.9 Å². The molecule has 2 aromatic heterocycles. The molecule has 0 radical (unpaired) electrons. The van der Waals surface area contributed by atoms with E-state index in [1.807, 2.05) is 12.1 Å². The Morgan fingerprint density at radius 1 is 0.212 bits per heavy atom. The molecule has 10 aromatic carbocycles. The number of nitrogens with zero attached hydrogens (tertiary/aromatic N) is 4. The summed E-state index contributed by atoms with van der Waals surface area (Å²) in [6, 6.07) is 85.3. The van der Waals surface area contributed by atoms with Gasteiger partial charge in [-0.2, -0.15) is 0 Å². The molecular formula is C62H40N4. The van der Waals surface area contributed by atoms with Crippen LogP contribution in [0, 0.1) is 0 Å². The summed E-state index contributed by atoms with van der Waals surface area (Å²) in [5.74, 6) is 1.86. The van der Waals surface area contributed by atoms with Gasteiger partial charge in [0.15, 0.2) is 17.5 Å². The van der Waals surface area contributed by atoms with Crippen LogP contribution in [-0.4, -0.2) is 19.9 Å². The second-order valence-corrected chi connectivity index (χ2v) is 16.6. The van der Waals surface area contributed by atoms with Crippen molar-refractivity contribution >= 4 is 32.4 Å². The first-order valence-corrected chi connectivity index (χ1v) is 22.3. The van der Waals surface area contributed by atoms with Crippen molar-refractivity contribution in [3.63, 3.8) is 0 Å². The Balaban J connectivity index is 0.894. The monoisotopic (exact) mass is 840 g/mol. The van der Waals surface area contributed by atoms with Crippen molar-refractivity contribution in [2.45, 2.75) is 0 Å². The quantitative estimate of drug-likeness (QED) is 0.143. The minimum atomic E-state index is 0.616. The van der Waals surface area contributed by atoms with Gasteiger partial charge in [0, 0.05) is 33.0 Å². The molecule has 0 atom stereocenters. The highest BCUT2D eigenvalue weighted by Gasteiger charge is 2.16. The minimum Gasteiger partial charge on any atom is -0.247 e. The Bertz CT molecular complexity index is 3610. The van der Waals surface area contributed by atoms with E-state index in [0.29, 0.717) is 17.5 Å². The van der Waals surface area contributed by atoms with Gasteiger partial charge in [0.25, 0.3) is 0 Å². The van der Waals surface area contributed by atoms with Crippen LogP contribution in [0.4, 0.5) is 0 Å². The lowest BCUT2D eigenvalue weighted by molar-refractivity contribution is 1.07. The van der Waals surface area contributed by atoms with Crippen LogP contribution >= 0.6 is 0 Å². The highest BCUT2D eigenvalue weighted by molar-refractivity contribution is 6.21. The Morgan fingerprint density at radius 3 is 1.20 bits per heavy atom. The standard InChI is InChI=1S/C62H40N4/c1-3-13-41(14-4-1)43-27-33-48(34-28-43)60-64-61(49-35-29-44(30-36-49)42-15-5-2-6-16-42)66-62(65-60)53-21-12-20-52(40-53)51-19-11-18-50(39-51)45-25-31-47(32-26-45)59-58-54-22-8-7-17-46(54)37-38-56(58)55-23-9-10-24-57(55)63-59/h1-40H. The molecule has 0 aliphatic rings. The van der Waals surface area contributed by atoms with Crippen LogP contribution in [0.5, 0.6) is 0 Å². The van der Waals surface area contributed by atoms with Crippen LogP contribution in [0.15, 0.2) is 243 Å². The number of rotatable bonds is 8. The van der Waals surface area contributed by atoms with Gasteiger partial charge in [-0.05, 0) is 78.9 Å². The van der Waals surface area contributed by atoms with Gasteiger partial charge in [0.2, 0.25) is 0 Å². The number of hydrogen-bond donors (Lipinski definition) is 0. The van der Waals surface area contributed by atoms with Crippen molar-refractivity contribution in [2.75, 3.05) is 0 Å². The van der Waals surface area contributed by atoms with E-state index in [1.54, 1.807) is 0 Å². The second-order valence-electron chi connectivity index (χ2n) is 16.6. The van der Waals surface area contributed by atoms with E-state index in [0.717, 1.165) is 66.8 Å². The average Bonchev–Trinajstić information content (AvgIpc) is 3.41. The summed E-state index contributed by atoms with van der Waals surface area (Å²) in [7, 11) is 0. The lowest BCUT2D eigenvalue weighted by atomic mass is 9.94. The second kappa shape index (κ2) is 16.7. The molecule has 0 spiro atoms. The van der Waals surface area contributed by atoms with E-state index in [9.17, 15) is 0 Å². The topological polar surface area (TPSA) is 51.6 Å². The molecule has 0 aliphatic heterocycles. The summed E-state index contributed by atoms with van der Waals surface area (Å²) in [5, 5.41) is 5.98. The number of pyridine rings is 1. The summed E-state index contributed by atoms with van der Waals surface area (Å²) in [6.07, 6.45) is 0.